The molecule has 4 amide bonds. The maximum atomic E-state index is 14.4. The number of para-hydroxylation sites is 1. The molecule has 2 aliphatic carbocycles. The molecule has 7 rings (SSSR count). The molecule has 0 bridgehead atoms. The van der Waals surface area contributed by atoms with Crippen LogP contribution in [0.5, 0.6) is 11.5 Å². The Labute approximate surface area is 269 Å². The fourth-order valence-electron chi connectivity index (χ4n) is 8.05. The van der Waals surface area contributed by atoms with Crippen molar-refractivity contribution in [1.29, 1.82) is 0 Å². The number of nitro benzene ring substituents is 1. The van der Waals surface area contributed by atoms with Gasteiger partial charge in [-0.05, 0) is 61.6 Å². The number of carbonyl (C=O) groups is 4. The third-order valence-electron chi connectivity index (χ3n) is 10.3. The van der Waals surface area contributed by atoms with Gasteiger partial charge >= 0.3 is 0 Å². The number of amides is 4. The molecule has 238 valence electrons. The Bertz CT molecular complexity index is 1920. The molecule has 0 radical (unpaired) electrons. The zero-order valence-corrected chi connectivity index (χ0v) is 25.6. The minimum absolute atomic E-state index is 0.0248. The lowest BCUT2D eigenvalue weighted by atomic mass is 9.52. The number of nitrogens with zero attached hydrogens (tertiary/aromatic N) is 3. The van der Waals surface area contributed by atoms with Crippen molar-refractivity contribution in [1.82, 2.24) is 0 Å². The Morgan fingerprint density at radius 1 is 0.915 bits per heavy atom. The number of rotatable bonds is 6. The van der Waals surface area contributed by atoms with Crippen LogP contribution in [-0.2, 0) is 19.2 Å². The van der Waals surface area contributed by atoms with Crippen molar-refractivity contribution in [2.45, 2.75) is 19.8 Å². The van der Waals surface area contributed by atoms with E-state index in [1.54, 1.807) is 49.4 Å². The number of phenolic OH excluding ortho intramolecular Hbond substituents is 1. The first-order chi connectivity index (χ1) is 22.6. The summed E-state index contributed by atoms with van der Waals surface area (Å²) in [6.45, 7) is 1.80. The average molecular weight is 634 g/mol. The molecule has 3 aromatic carbocycles. The molecule has 3 aromatic rings. The molecule has 1 N–H and O–H groups in total. The Morgan fingerprint density at radius 2 is 1.66 bits per heavy atom. The van der Waals surface area contributed by atoms with Gasteiger partial charge in [0.1, 0.15) is 0 Å². The van der Waals surface area contributed by atoms with Crippen LogP contribution in [0.15, 0.2) is 90.5 Å². The van der Waals surface area contributed by atoms with Gasteiger partial charge in [-0.1, -0.05) is 54.1 Å². The van der Waals surface area contributed by atoms with Crippen molar-refractivity contribution < 1.29 is 33.9 Å². The molecular formula is C36H31N3O8. The Balaban J connectivity index is 1.32. The van der Waals surface area contributed by atoms with Gasteiger partial charge in [-0.2, -0.15) is 0 Å². The van der Waals surface area contributed by atoms with Crippen molar-refractivity contribution in [3.63, 3.8) is 0 Å². The number of phenols is 1. The van der Waals surface area contributed by atoms with Crippen LogP contribution in [0.1, 0.15) is 25.3 Å². The highest BCUT2D eigenvalue weighted by molar-refractivity contribution is 6.25. The molecule has 0 spiro atoms. The first kappa shape index (κ1) is 30.1. The maximum Gasteiger partial charge on any atom is 0.271 e. The molecule has 2 aliphatic heterocycles. The number of ether oxygens (including phenoxy) is 1. The largest absolute Gasteiger partial charge is 0.504 e. The third-order valence-corrected chi connectivity index (χ3v) is 10.3. The summed E-state index contributed by atoms with van der Waals surface area (Å²) in [5.41, 5.74) is 0.665. The summed E-state index contributed by atoms with van der Waals surface area (Å²) in [6.07, 6.45) is 6.05. The van der Waals surface area contributed by atoms with E-state index in [9.17, 15) is 34.4 Å². The highest BCUT2D eigenvalue weighted by atomic mass is 16.6. The molecule has 0 aromatic heterocycles. The van der Waals surface area contributed by atoms with Gasteiger partial charge in [0.15, 0.2) is 11.5 Å². The van der Waals surface area contributed by atoms with E-state index in [-0.39, 0.29) is 47.5 Å². The van der Waals surface area contributed by atoms with Crippen LogP contribution in [-0.4, -0.2) is 40.8 Å². The second-order valence-corrected chi connectivity index (χ2v) is 12.6. The van der Waals surface area contributed by atoms with E-state index < -0.39 is 51.7 Å². The molecule has 47 heavy (non-hydrogen) atoms. The summed E-state index contributed by atoms with van der Waals surface area (Å²) < 4.78 is 5.27. The molecule has 3 fully saturated rings. The number of anilines is 2. The van der Waals surface area contributed by atoms with E-state index in [1.807, 2.05) is 18.2 Å². The van der Waals surface area contributed by atoms with Crippen molar-refractivity contribution in [2.75, 3.05) is 16.9 Å². The number of non-ortho nitro benzene ring substituents is 1. The molecule has 11 nitrogen and oxygen atoms in total. The molecule has 6 atom stereocenters. The average Bonchev–Trinajstić information content (AvgIpc) is 3.44. The Hall–Kier alpha value is -5.58. The Kier molecular flexibility index (Phi) is 7.07. The molecule has 2 saturated heterocycles. The minimum atomic E-state index is -1.19. The molecule has 6 unspecified atom stereocenters. The standard InChI is InChI=1S/C36H31N3O8/c1-36-27(15-11-20-12-16-29(40)30(17-20)47-2)24-13-14-25-31(34(43)37(32(25)41)22-9-6-10-23(18-22)39(45)46)26(24)19-28(36)33(42)38(35(36)44)21-7-4-3-5-8-21/h3-13,15-18,25-28,31,40H,14,19H2,1-2H3. The maximum absolute atomic E-state index is 14.4. The molecule has 11 heteroatoms. The number of benzene rings is 3. The number of carbonyl (C=O) groups excluding carboxylic acids is 4. The third kappa shape index (κ3) is 4.48. The van der Waals surface area contributed by atoms with E-state index in [0.717, 1.165) is 10.5 Å². The molecule has 4 aliphatic rings. The van der Waals surface area contributed by atoms with Crippen molar-refractivity contribution in [2.24, 2.45) is 35.0 Å². The van der Waals surface area contributed by atoms with Crippen LogP contribution in [0.3, 0.4) is 0 Å². The number of hydrogen-bond acceptors (Lipinski definition) is 8. The Morgan fingerprint density at radius 3 is 2.38 bits per heavy atom. The fourth-order valence-corrected chi connectivity index (χ4v) is 8.05. The summed E-state index contributed by atoms with van der Waals surface area (Å²) in [5, 5.41) is 21.6. The van der Waals surface area contributed by atoms with E-state index in [1.165, 1.54) is 42.3 Å². The number of imide groups is 2. The summed E-state index contributed by atoms with van der Waals surface area (Å²) in [4.78, 5) is 69.7. The first-order valence-electron chi connectivity index (χ1n) is 15.4. The highest BCUT2D eigenvalue weighted by Gasteiger charge is 2.67. The lowest BCUT2D eigenvalue weighted by Gasteiger charge is -2.47. The van der Waals surface area contributed by atoms with Crippen LogP contribution in [0.25, 0.3) is 6.08 Å². The van der Waals surface area contributed by atoms with Gasteiger partial charge in [0.25, 0.3) is 5.69 Å². The van der Waals surface area contributed by atoms with Gasteiger partial charge in [0, 0.05) is 18.1 Å². The van der Waals surface area contributed by atoms with Crippen molar-refractivity contribution in [3.8, 4) is 11.5 Å². The normalized spacial score (nSPS) is 28.3. The highest BCUT2D eigenvalue weighted by Crippen LogP contribution is 2.61. The zero-order valence-electron chi connectivity index (χ0n) is 25.6. The molecule has 2 heterocycles. The van der Waals surface area contributed by atoms with Crippen molar-refractivity contribution >= 4 is 46.8 Å². The van der Waals surface area contributed by atoms with Gasteiger partial charge in [-0.15, -0.1) is 0 Å². The van der Waals surface area contributed by atoms with Gasteiger partial charge < -0.3 is 9.84 Å². The number of aromatic hydroxyl groups is 1. The van der Waals surface area contributed by atoms with E-state index in [4.69, 9.17) is 4.74 Å². The quantitative estimate of drug-likeness (QED) is 0.167. The van der Waals surface area contributed by atoms with Crippen LogP contribution in [0.2, 0.25) is 0 Å². The lowest BCUT2D eigenvalue weighted by Crippen LogP contribution is -2.49. The van der Waals surface area contributed by atoms with Gasteiger partial charge in [-0.3, -0.25) is 29.3 Å². The number of nitro groups is 1. The topological polar surface area (TPSA) is 147 Å². The van der Waals surface area contributed by atoms with Crippen LogP contribution in [0, 0.1) is 45.1 Å². The van der Waals surface area contributed by atoms with Crippen molar-refractivity contribution in [3.05, 3.63) is 106 Å². The predicted octanol–water partition coefficient (Wildman–Crippen LogP) is 5.29. The smallest absolute Gasteiger partial charge is 0.271 e. The summed E-state index contributed by atoms with van der Waals surface area (Å²) >= 11 is 0. The van der Waals surface area contributed by atoms with Gasteiger partial charge in [0.05, 0.1) is 46.6 Å². The van der Waals surface area contributed by atoms with Gasteiger partial charge in [-0.25, -0.2) is 9.80 Å². The monoisotopic (exact) mass is 633 g/mol. The zero-order chi connectivity index (χ0) is 33.2. The van der Waals surface area contributed by atoms with Crippen LogP contribution >= 0.6 is 0 Å². The van der Waals surface area contributed by atoms with E-state index in [0.29, 0.717) is 11.3 Å². The summed E-state index contributed by atoms with van der Waals surface area (Å²) in [5.74, 6) is -4.78. The molecular weight excluding hydrogens is 602 g/mol. The second-order valence-electron chi connectivity index (χ2n) is 12.6. The molecule has 1 saturated carbocycles. The number of fused-ring (bicyclic) bond motifs is 4. The van der Waals surface area contributed by atoms with Gasteiger partial charge in [0.2, 0.25) is 23.6 Å². The second kappa shape index (κ2) is 11.0. The fraction of sp³-hybridized carbons (Fsp3) is 0.278. The number of allylic oxidation sites excluding steroid dienone is 3. The summed E-state index contributed by atoms with van der Waals surface area (Å²) in [6, 6.07) is 19.1. The lowest BCUT2D eigenvalue weighted by molar-refractivity contribution is -0.384. The predicted molar refractivity (Wildman–Crippen MR) is 171 cm³/mol. The first-order valence-corrected chi connectivity index (χ1v) is 15.4. The van der Waals surface area contributed by atoms with Crippen LogP contribution < -0.4 is 14.5 Å². The number of methoxy groups -OCH3 is 1. The van der Waals surface area contributed by atoms with Crippen LogP contribution in [0.4, 0.5) is 17.1 Å². The number of hydrogen-bond donors (Lipinski definition) is 1. The van der Waals surface area contributed by atoms with E-state index in [2.05, 4.69) is 0 Å². The summed E-state index contributed by atoms with van der Waals surface area (Å²) in [7, 11) is 1.45. The van der Waals surface area contributed by atoms with E-state index >= 15 is 0 Å². The SMILES string of the molecule is COc1cc(C=CC2C3=CCC4C(=O)N(c5cccc([N+](=O)[O-])c5)C(=O)C4C3CC3C(=O)N(c4ccccc4)C(=O)C23C)ccc1O. The minimum Gasteiger partial charge on any atom is -0.504 e.